The normalized spacial score (nSPS) is 23.7. The highest BCUT2D eigenvalue weighted by Gasteiger charge is 2.38. The van der Waals surface area contributed by atoms with Gasteiger partial charge in [-0.2, -0.15) is 0 Å². The number of aryl methyl sites for hydroxylation is 1. The number of fused-ring (bicyclic) bond motifs is 3. The minimum atomic E-state index is 0.376. The van der Waals surface area contributed by atoms with E-state index in [-0.39, 0.29) is 0 Å². The molecule has 1 aliphatic heterocycles. The van der Waals surface area contributed by atoms with Gasteiger partial charge in [0.05, 0.1) is 12.6 Å². The van der Waals surface area contributed by atoms with Crippen LogP contribution in [0.4, 0.5) is 5.69 Å². The summed E-state index contributed by atoms with van der Waals surface area (Å²) in [4.78, 5) is 0. The van der Waals surface area contributed by atoms with Crippen molar-refractivity contribution in [3.63, 3.8) is 0 Å². The fourth-order valence-electron chi connectivity index (χ4n) is 4.24. The van der Waals surface area contributed by atoms with Gasteiger partial charge in [0.25, 0.3) is 0 Å². The quantitative estimate of drug-likeness (QED) is 0.535. The SMILES string of the molecule is CCCCOc1ccc2c(c1)C1C=CCC1C(c1ccccc1C)N2. The van der Waals surface area contributed by atoms with Crippen LogP contribution >= 0.6 is 0 Å². The maximum atomic E-state index is 5.94. The third kappa shape index (κ3) is 3.06. The topological polar surface area (TPSA) is 21.3 Å². The van der Waals surface area contributed by atoms with Crippen LogP contribution in [0.2, 0.25) is 0 Å². The molecule has 2 heteroatoms. The summed E-state index contributed by atoms with van der Waals surface area (Å²) in [5, 5.41) is 3.82. The van der Waals surface area contributed by atoms with Crippen molar-refractivity contribution in [3.05, 3.63) is 71.3 Å². The van der Waals surface area contributed by atoms with Crippen LogP contribution in [0.3, 0.4) is 0 Å². The van der Waals surface area contributed by atoms with Gasteiger partial charge < -0.3 is 10.1 Å². The van der Waals surface area contributed by atoms with E-state index in [1.807, 2.05) is 0 Å². The molecule has 3 atom stereocenters. The van der Waals surface area contributed by atoms with Gasteiger partial charge in [0, 0.05) is 11.6 Å². The van der Waals surface area contributed by atoms with Gasteiger partial charge in [-0.3, -0.25) is 0 Å². The highest BCUT2D eigenvalue weighted by atomic mass is 16.5. The molecular weight excluding hydrogens is 306 g/mol. The molecule has 3 unspecified atom stereocenters. The van der Waals surface area contributed by atoms with E-state index in [0.717, 1.165) is 31.6 Å². The lowest BCUT2D eigenvalue weighted by molar-refractivity contribution is 0.308. The molecule has 0 aromatic heterocycles. The van der Waals surface area contributed by atoms with Gasteiger partial charge in [0.15, 0.2) is 0 Å². The first-order valence-electron chi connectivity index (χ1n) is 9.53. The lowest BCUT2D eigenvalue weighted by Gasteiger charge is -2.38. The summed E-state index contributed by atoms with van der Waals surface area (Å²) in [6, 6.07) is 15.7. The second-order valence-electron chi connectivity index (χ2n) is 7.28. The Morgan fingerprint density at radius 1 is 1.12 bits per heavy atom. The number of hydrogen-bond donors (Lipinski definition) is 1. The zero-order valence-corrected chi connectivity index (χ0v) is 15.2. The van der Waals surface area contributed by atoms with Crippen molar-refractivity contribution in [1.29, 1.82) is 0 Å². The molecule has 0 spiro atoms. The molecule has 0 radical (unpaired) electrons. The number of ether oxygens (including phenoxy) is 1. The van der Waals surface area contributed by atoms with Crippen LogP contribution < -0.4 is 10.1 Å². The van der Waals surface area contributed by atoms with Crippen molar-refractivity contribution in [2.24, 2.45) is 5.92 Å². The molecule has 2 aliphatic rings. The molecule has 2 aromatic rings. The average molecular weight is 333 g/mol. The Bertz CT molecular complexity index is 779. The highest BCUT2D eigenvalue weighted by Crippen LogP contribution is 2.50. The maximum absolute atomic E-state index is 5.94. The lowest BCUT2D eigenvalue weighted by Crippen LogP contribution is -2.29. The minimum absolute atomic E-state index is 0.376. The van der Waals surface area contributed by atoms with Gasteiger partial charge in [-0.1, -0.05) is 49.8 Å². The maximum Gasteiger partial charge on any atom is 0.119 e. The fourth-order valence-corrected chi connectivity index (χ4v) is 4.24. The predicted molar refractivity (Wildman–Crippen MR) is 104 cm³/mol. The molecule has 0 fully saturated rings. The van der Waals surface area contributed by atoms with Gasteiger partial charge in [0.2, 0.25) is 0 Å². The van der Waals surface area contributed by atoms with Gasteiger partial charge in [0.1, 0.15) is 5.75 Å². The van der Waals surface area contributed by atoms with Crippen molar-refractivity contribution < 1.29 is 4.74 Å². The third-order valence-electron chi connectivity index (χ3n) is 5.62. The molecule has 2 nitrogen and oxygen atoms in total. The van der Waals surface area contributed by atoms with Gasteiger partial charge in [-0.15, -0.1) is 0 Å². The van der Waals surface area contributed by atoms with Crippen LogP contribution in [0, 0.1) is 12.8 Å². The van der Waals surface area contributed by atoms with E-state index < -0.39 is 0 Å². The Hall–Kier alpha value is -2.22. The van der Waals surface area contributed by atoms with Crippen LogP contribution in [0.25, 0.3) is 0 Å². The molecule has 0 saturated carbocycles. The van der Waals surface area contributed by atoms with E-state index in [2.05, 4.69) is 73.8 Å². The molecule has 1 aliphatic carbocycles. The van der Waals surface area contributed by atoms with E-state index in [0.29, 0.717) is 17.9 Å². The summed E-state index contributed by atoms with van der Waals surface area (Å²) in [7, 11) is 0. The highest BCUT2D eigenvalue weighted by molar-refractivity contribution is 5.62. The van der Waals surface area contributed by atoms with E-state index in [1.54, 1.807) is 0 Å². The molecule has 1 N–H and O–H groups in total. The molecule has 0 saturated heterocycles. The number of anilines is 1. The third-order valence-corrected chi connectivity index (χ3v) is 5.62. The molecule has 0 amide bonds. The van der Waals surface area contributed by atoms with Crippen LogP contribution in [0.1, 0.15) is 54.8 Å². The average Bonchev–Trinajstić information content (AvgIpc) is 3.12. The summed E-state index contributed by atoms with van der Waals surface area (Å²) in [5.41, 5.74) is 5.44. The molecule has 2 aromatic carbocycles. The van der Waals surface area contributed by atoms with Gasteiger partial charge in [-0.05, 0) is 60.6 Å². The Balaban J connectivity index is 1.65. The number of unbranched alkanes of at least 4 members (excludes halogenated alkanes) is 1. The number of rotatable bonds is 5. The molecule has 4 rings (SSSR count). The molecule has 0 bridgehead atoms. The second-order valence-corrected chi connectivity index (χ2v) is 7.28. The van der Waals surface area contributed by atoms with Crippen LogP contribution in [0.5, 0.6) is 5.75 Å². The Kier molecular flexibility index (Phi) is 4.52. The monoisotopic (exact) mass is 333 g/mol. The van der Waals surface area contributed by atoms with E-state index >= 15 is 0 Å². The van der Waals surface area contributed by atoms with Crippen molar-refractivity contribution in [2.75, 3.05) is 11.9 Å². The Labute approximate surface area is 150 Å². The summed E-state index contributed by atoms with van der Waals surface area (Å²) in [6.45, 7) is 5.22. The van der Waals surface area contributed by atoms with Crippen molar-refractivity contribution in [2.45, 2.75) is 45.1 Å². The van der Waals surface area contributed by atoms with Crippen LogP contribution in [0.15, 0.2) is 54.6 Å². The smallest absolute Gasteiger partial charge is 0.119 e. The summed E-state index contributed by atoms with van der Waals surface area (Å²) in [5.74, 6) is 2.07. The predicted octanol–water partition coefficient (Wildman–Crippen LogP) is 6.00. The zero-order chi connectivity index (χ0) is 17.2. The molecule has 130 valence electrons. The van der Waals surface area contributed by atoms with Crippen molar-refractivity contribution in [3.8, 4) is 5.75 Å². The fraction of sp³-hybridized carbons (Fsp3) is 0.391. The minimum Gasteiger partial charge on any atom is -0.494 e. The van der Waals surface area contributed by atoms with Gasteiger partial charge >= 0.3 is 0 Å². The first kappa shape index (κ1) is 16.3. The number of allylic oxidation sites excluding steroid dienone is 2. The summed E-state index contributed by atoms with van der Waals surface area (Å²) in [6.07, 6.45) is 8.15. The molecule has 25 heavy (non-hydrogen) atoms. The Morgan fingerprint density at radius 2 is 2.00 bits per heavy atom. The van der Waals surface area contributed by atoms with Crippen molar-refractivity contribution >= 4 is 5.69 Å². The molecular formula is C23H27NO. The largest absolute Gasteiger partial charge is 0.494 e. The summed E-state index contributed by atoms with van der Waals surface area (Å²) >= 11 is 0. The lowest BCUT2D eigenvalue weighted by atomic mass is 9.76. The Morgan fingerprint density at radius 3 is 2.84 bits per heavy atom. The first-order chi connectivity index (χ1) is 12.3. The number of nitrogens with one attached hydrogen (secondary N) is 1. The van der Waals surface area contributed by atoms with E-state index in [4.69, 9.17) is 4.74 Å². The molecule has 1 heterocycles. The van der Waals surface area contributed by atoms with Crippen LogP contribution in [-0.2, 0) is 0 Å². The first-order valence-corrected chi connectivity index (χ1v) is 9.53. The number of benzene rings is 2. The second kappa shape index (κ2) is 6.95. The zero-order valence-electron chi connectivity index (χ0n) is 15.2. The van der Waals surface area contributed by atoms with E-state index in [1.165, 1.54) is 22.4 Å². The van der Waals surface area contributed by atoms with Crippen molar-refractivity contribution in [1.82, 2.24) is 0 Å². The summed E-state index contributed by atoms with van der Waals surface area (Å²) < 4.78 is 5.94. The van der Waals surface area contributed by atoms with Crippen LogP contribution in [-0.4, -0.2) is 6.61 Å². The van der Waals surface area contributed by atoms with Gasteiger partial charge in [-0.25, -0.2) is 0 Å². The van der Waals surface area contributed by atoms with E-state index in [9.17, 15) is 0 Å². The number of hydrogen-bond acceptors (Lipinski definition) is 2. The standard InChI is InChI=1S/C23H27NO/c1-3-4-14-25-17-12-13-22-21(15-17)19-10-7-11-20(19)23(24-22)18-9-6-5-8-16(18)2/h5-10,12-13,15,19-20,23-24H,3-4,11,14H2,1-2H3.